The van der Waals surface area contributed by atoms with Crippen molar-refractivity contribution in [3.63, 3.8) is 0 Å². The van der Waals surface area contributed by atoms with E-state index in [1.165, 1.54) is 0 Å². The summed E-state index contributed by atoms with van der Waals surface area (Å²) in [6.45, 7) is 3.20. The third-order valence-corrected chi connectivity index (χ3v) is 4.88. The number of carbonyl (C=O) groups excluding carboxylic acids is 1. The summed E-state index contributed by atoms with van der Waals surface area (Å²) in [6.07, 6.45) is 7.64. The third-order valence-electron chi connectivity index (χ3n) is 4.88. The van der Waals surface area contributed by atoms with Gasteiger partial charge in [0.05, 0.1) is 29.8 Å². The molecule has 0 bridgehead atoms. The molecule has 2 N–H and O–H groups in total. The number of hydrogen-bond acceptors (Lipinski definition) is 4. The summed E-state index contributed by atoms with van der Waals surface area (Å²) >= 11 is 0. The Morgan fingerprint density at radius 1 is 1.17 bits per heavy atom. The number of imidazole rings is 1. The van der Waals surface area contributed by atoms with E-state index in [0.717, 1.165) is 28.4 Å². The van der Waals surface area contributed by atoms with Crippen molar-refractivity contribution in [3.8, 4) is 11.4 Å². The van der Waals surface area contributed by atoms with E-state index >= 15 is 0 Å². The molecule has 0 saturated carbocycles. The number of anilines is 1. The van der Waals surface area contributed by atoms with E-state index in [0.29, 0.717) is 18.7 Å². The summed E-state index contributed by atoms with van der Waals surface area (Å²) in [5, 5.41) is 10.4. The van der Waals surface area contributed by atoms with E-state index in [1.54, 1.807) is 12.3 Å². The maximum Gasteiger partial charge on any atom is 0.251 e. The second-order valence-electron chi connectivity index (χ2n) is 6.91. The molecule has 0 aliphatic carbocycles. The number of carbonyl (C=O) groups is 1. The Balaban J connectivity index is 1.45. The lowest BCUT2D eigenvalue weighted by molar-refractivity contribution is -0.694. The standard InChI is InChI=1S/C21H23N7O/c1-15-12-18(26(3)25-15)19-14-24-20-13-16(4-10-28(19)20)21(29)23-7-11-27-8-5-17(22-2)6-9-27/h4-6,8-10,12-14H,7,11H2,1-3H3,(H,23,29)/p+1. The van der Waals surface area contributed by atoms with Crippen LogP contribution in [0, 0.1) is 6.92 Å². The Bertz CT molecular complexity index is 1160. The summed E-state index contributed by atoms with van der Waals surface area (Å²) in [4.78, 5) is 17.0. The van der Waals surface area contributed by atoms with Crippen molar-refractivity contribution in [3.05, 3.63) is 66.4 Å². The zero-order valence-corrected chi connectivity index (χ0v) is 16.8. The minimum Gasteiger partial charge on any atom is -0.388 e. The molecule has 0 aromatic carbocycles. The monoisotopic (exact) mass is 390 g/mol. The van der Waals surface area contributed by atoms with Gasteiger partial charge in [0.2, 0.25) is 0 Å². The molecule has 148 valence electrons. The van der Waals surface area contributed by atoms with Gasteiger partial charge in [-0.05, 0) is 25.1 Å². The second-order valence-corrected chi connectivity index (χ2v) is 6.91. The van der Waals surface area contributed by atoms with Crippen molar-refractivity contribution in [2.45, 2.75) is 13.5 Å². The average Bonchev–Trinajstić information content (AvgIpc) is 3.29. The molecule has 0 atom stereocenters. The van der Waals surface area contributed by atoms with Crippen LogP contribution >= 0.6 is 0 Å². The van der Waals surface area contributed by atoms with Gasteiger partial charge in [0.15, 0.2) is 18.9 Å². The van der Waals surface area contributed by atoms with Crippen molar-refractivity contribution in [2.24, 2.45) is 7.05 Å². The van der Waals surface area contributed by atoms with E-state index in [1.807, 2.05) is 77.5 Å². The maximum absolute atomic E-state index is 12.5. The number of aryl methyl sites for hydroxylation is 2. The van der Waals surface area contributed by atoms with Crippen LogP contribution < -0.4 is 15.2 Å². The number of nitrogens with zero attached hydrogens (tertiary/aromatic N) is 5. The Labute approximate surface area is 168 Å². The first-order valence-electron chi connectivity index (χ1n) is 9.48. The van der Waals surface area contributed by atoms with Crippen LogP contribution in [0.4, 0.5) is 5.69 Å². The number of hydrogen-bond donors (Lipinski definition) is 2. The van der Waals surface area contributed by atoms with Gasteiger partial charge in [-0.1, -0.05) is 0 Å². The summed E-state index contributed by atoms with van der Waals surface area (Å²) in [6, 6.07) is 9.62. The van der Waals surface area contributed by atoms with Gasteiger partial charge in [-0.15, -0.1) is 0 Å². The zero-order valence-electron chi connectivity index (χ0n) is 16.8. The quantitative estimate of drug-likeness (QED) is 0.492. The molecule has 0 aliphatic heterocycles. The molecule has 8 nitrogen and oxygen atoms in total. The third kappa shape index (κ3) is 3.82. The lowest BCUT2D eigenvalue weighted by Crippen LogP contribution is -2.40. The first-order valence-corrected chi connectivity index (χ1v) is 9.48. The molecule has 4 aromatic heterocycles. The molecule has 4 heterocycles. The molecule has 0 unspecified atom stereocenters. The van der Waals surface area contributed by atoms with Crippen LogP contribution in [0.25, 0.3) is 17.0 Å². The summed E-state index contributed by atoms with van der Waals surface area (Å²) in [5.74, 6) is -0.110. The molecule has 29 heavy (non-hydrogen) atoms. The van der Waals surface area contributed by atoms with E-state index in [-0.39, 0.29) is 5.91 Å². The fourth-order valence-electron chi connectivity index (χ4n) is 3.34. The summed E-state index contributed by atoms with van der Waals surface area (Å²) < 4.78 is 5.83. The summed E-state index contributed by atoms with van der Waals surface area (Å²) in [5.41, 5.74) is 5.24. The Hall–Kier alpha value is -3.68. The van der Waals surface area contributed by atoms with Crippen LogP contribution in [-0.4, -0.2) is 38.7 Å². The van der Waals surface area contributed by atoms with E-state index < -0.39 is 0 Å². The number of aromatic nitrogens is 5. The van der Waals surface area contributed by atoms with E-state index in [9.17, 15) is 4.79 Å². The highest BCUT2D eigenvalue weighted by molar-refractivity contribution is 5.95. The Morgan fingerprint density at radius 3 is 2.66 bits per heavy atom. The lowest BCUT2D eigenvalue weighted by Gasteiger charge is -2.06. The van der Waals surface area contributed by atoms with Crippen LogP contribution in [0.1, 0.15) is 16.1 Å². The molecule has 0 spiro atoms. The van der Waals surface area contributed by atoms with Crippen molar-refractivity contribution in [1.82, 2.24) is 24.5 Å². The van der Waals surface area contributed by atoms with Crippen molar-refractivity contribution in [1.29, 1.82) is 0 Å². The van der Waals surface area contributed by atoms with Crippen molar-refractivity contribution >= 4 is 17.2 Å². The van der Waals surface area contributed by atoms with Crippen LogP contribution in [0.15, 0.2) is 55.1 Å². The second kappa shape index (κ2) is 7.75. The van der Waals surface area contributed by atoms with Crippen LogP contribution in [0.2, 0.25) is 0 Å². The first-order chi connectivity index (χ1) is 14.0. The SMILES string of the molecule is CNc1cc[n+](CCNC(=O)c2ccn3c(-c4cc(C)nn4C)cnc3c2)cc1. The van der Waals surface area contributed by atoms with Gasteiger partial charge in [0, 0.05) is 43.7 Å². The van der Waals surface area contributed by atoms with Gasteiger partial charge in [-0.25, -0.2) is 9.55 Å². The number of nitrogens with one attached hydrogen (secondary N) is 2. The molecule has 0 fully saturated rings. The predicted molar refractivity (Wildman–Crippen MR) is 111 cm³/mol. The largest absolute Gasteiger partial charge is 0.388 e. The predicted octanol–water partition coefficient (Wildman–Crippen LogP) is 1.80. The fraction of sp³-hybridized carbons (Fsp3) is 0.238. The molecule has 0 saturated heterocycles. The van der Waals surface area contributed by atoms with Gasteiger partial charge in [-0.2, -0.15) is 5.10 Å². The topological polar surface area (TPSA) is 80.1 Å². The minimum absolute atomic E-state index is 0.110. The molecule has 4 rings (SSSR count). The maximum atomic E-state index is 12.5. The highest BCUT2D eigenvalue weighted by Gasteiger charge is 2.13. The Kier molecular flexibility index (Phi) is 4.99. The van der Waals surface area contributed by atoms with Crippen LogP contribution in [-0.2, 0) is 13.6 Å². The lowest BCUT2D eigenvalue weighted by atomic mass is 10.2. The number of rotatable bonds is 6. The number of fused-ring (bicyclic) bond motifs is 1. The van der Waals surface area contributed by atoms with Crippen molar-refractivity contribution < 1.29 is 9.36 Å². The van der Waals surface area contributed by atoms with Crippen LogP contribution in [0.5, 0.6) is 0 Å². The normalized spacial score (nSPS) is 11.0. The molecular weight excluding hydrogens is 366 g/mol. The molecule has 0 aliphatic rings. The van der Waals surface area contributed by atoms with Gasteiger partial charge >= 0.3 is 0 Å². The number of amides is 1. The van der Waals surface area contributed by atoms with E-state index in [4.69, 9.17) is 0 Å². The average molecular weight is 390 g/mol. The number of pyridine rings is 2. The summed E-state index contributed by atoms with van der Waals surface area (Å²) in [7, 11) is 3.80. The van der Waals surface area contributed by atoms with Gasteiger partial charge in [-0.3, -0.25) is 13.9 Å². The van der Waals surface area contributed by atoms with Gasteiger partial charge in [0.1, 0.15) is 5.65 Å². The molecule has 0 radical (unpaired) electrons. The van der Waals surface area contributed by atoms with Crippen molar-refractivity contribution in [2.75, 3.05) is 18.9 Å². The van der Waals surface area contributed by atoms with Crippen LogP contribution in [0.3, 0.4) is 0 Å². The molecule has 8 heteroatoms. The highest BCUT2D eigenvalue weighted by Crippen LogP contribution is 2.21. The fourth-order valence-corrected chi connectivity index (χ4v) is 3.34. The minimum atomic E-state index is -0.110. The Morgan fingerprint density at radius 2 is 1.97 bits per heavy atom. The molecule has 4 aromatic rings. The highest BCUT2D eigenvalue weighted by atomic mass is 16.1. The molecule has 1 amide bonds. The first kappa shape index (κ1) is 18.7. The zero-order chi connectivity index (χ0) is 20.4. The smallest absolute Gasteiger partial charge is 0.251 e. The van der Waals surface area contributed by atoms with E-state index in [2.05, 4.69) is 20.7 Å². The van der Waals surface area contributed by atoms with Gasteiger partial charge < -0.3 is 10.6 Å². The molecular formula is C21H24N7O+. The van der Waals surface area contributed by atoms with Gasteiger partial charge in [0.25, 0.3) is 5.91 Å².